The molecule has 2 heterocycles. The van der Waals surface area contributed by atoms with Crippen LogP contribution in [0.5, 0.6) is 0 Å². The molecule has 1 unspecified atom stereocenters. The molecular formula is C19H21N5O2. The Morgan fingerprint density at radius 3 is 2.69 bits per heavy atom. The van der Waals surface area contributed by atoms with Gasteiger partial charge < -0.3 is 10.6 Å². The van der Waals surface area contributed by atoms with Crippen LogP contribution in [0.15, 0.2) is 42.6 Å². The standard InChI is InChI=1S/C19H21N5O2/c1-12(21-19(26)14-7-5-4-6-8-14)9-17(25)22-15-10-16-13(2)23-24(3)18(16)20-11-15/h4-8,10-12H,9H2,1-3H3,(H,21,26)(H,22,25). The van der Waals surface area contributed by atoms with E-state index < -0.39 is 0 Å². The number of benzene rings is 1. The maximum atomic E-state index is 12.3. The summed E-state index contributed by atoms with van der Waals surface area (Å²) in [6.07, 6.45) is 1.78. The van der Waals surface area contributed by atoms with E-state index in [-0.39, 0.29) is 24.3 Å². The number of nitrogens with zero attached hydrogens (tertiary/aromatic N) is 3. The van der Waals surface area contributed by atoms with Gasteiger partial charge in [-0.2, -0.15) is 5.10 Å². The van der Waals surface area contributed by atoms with Crippen LogP contribution in [0.2, 0.25) is 0 Å². The first-order valence-corrected chi connectivity index (χ1v) is 8.39. The van der Waals surface area contributed by atoms with Crippen LogP contribution in [0.4, 0.5) is 5.69 Å². The molecule has 1 aromatic carbocycles. The highest BCUT2D eigenvalue weighted by Crippen LogP contribution is 2.19. The van der Waals surface area contributed by atoms with Crippen LogP contribution in [-0.4, -0.2) is 32.6 Å². The van der Waals surface area contributed by atoms with Gasteiger partial charge in [-0.05, 0) is 32.0 Å². The van der Waals surface area contributed by atoms with E-state index in [4.69, 9.17) is 0 Å². The Labute approximate surface area is 151 Å². The average Bonchev–Trinajstić information content (AvgIpc) is 2.89. The molecule has 0 aliphatic rings. The van der Waals surface area contributed by atoms with Crippen molar-refractivity contribution in [1.29, 1.82) is 0 Å². The Kier molecular flexibility index (Phi) is 4.97. The lowest BCUT2D eigenvalue weighted by Crippen LogP contribution is -2.35. The number of hydrogen-bond acceptors (Lipinski definition) is 4. The van der Waals surface area contributed by atoms with E-state index >= 15 is 0 Å². The Bertz CT molecular complexity index is 949. The number of nitrogens with one attached hydrogen (secondary N) is 2. The number of aromatic nitrogens is 3. The van der Waals surface area contributed by atoms with Gasteiger partial charge in [0.2, 0.25) is 5.91 Å². The number of amides is 2. The van der Waals surface area contributed by atoms with Crippen LogP contribution in [0.1, 0.15) is 29.4 Å². The number of fused-ring (bicyclic) bond motifs is 1. The highest BCUT2D eigenvalue weighted by atomic mass is 16.2. The quantitative estimate of drug-likeness (QED) is 0.739. The number of carbonyl (C=O) groups is 2. The number of hydrogen-bond donors (Lipinski definition) is 2. The highest BCUT2D eigenvalue weighted by molar-refractivity contribution is 5.96. The van der Waals surface area contributed by atoms with Crippen LogP contribution in [0, 0.1) is 6.92 Å². The third-order valence-corrected chi connectivity index (χ3v) is 4.05. The van der Waals surface area contributed by atoms with E-state index in [0.29, 0.717) is 11.3 Å². The summed E-state index contributed by atoms with van der Waals surface area (Å²) < 4.78 is 1.71. The lowest BCUT2D eigenvalue weighted by atomic mass is 10.1. The van der Waals surface area contributed by atoms with Crippen molar-refractivity contribution in [3.63, 3.8) is 0 Å². The molecule has 3 aromatic rings. The number of rotatable bonds is 5. The van der Waals surface area contributed by atoms with Gasteiger partial charge in [0.05, 0.1) is 17.6 Å². The number of carbonyl (C=O) groups excluding carboxylic acids is 2. The highest BCUT2D eigenvalue weighted by Gasteiger charge is 2.14. The minimum absolute atomic E-state index is 0.169. The van der Waals surface area contributed by atoms with E-state index in [9.17, 15) is 9.59 Å². The molecule has 0 saturated heterocycles. The lowest BCUT2D eigenvalue weighted by molar-refractivity contribution is -0.116. The smallest absolute Gasteiger partial charge is 0.251 e. The largest absolute Gasteiger partial charge is 0.349 e. The van der Waals surface area contributed by atoms with Gasteiger partial charge in [0.15, 0.2) is 5.65 Å². The second-order valence-corrected chi connectivity index (χ2v) is 6.30. The molecule has 0 radical (unpaired) electrons. The number of pyridine rings is 1. The molecule has 0 spiro atoms. The topological polar surface area (TPSA) is 88.9 Å². The Morgan fingerprint density at radius 2 is 1.96 bits per heavy atom. The van der Waals surface area contributed by atoms with Crippen molar-refractivity contribution in [2.24, 2.45) is 7.05 Å². The molecule has 26 heavy (non-hydrogen) atoms. The van der Waals surface area contributed by atoms with E-state index in [1.54, 1.807) is 42.1 Å². The van der Waals surface area contributed by atoms with E-state index in [1.165, 1.54) is 0 Å². The molecule has 2 aromatic heterocycles. The Hall–Kier alpha value is -3.22. The Balaban J connectivity index is 1.60. The van der Waals surface area contributed by atoms with Gasteiger partial charge in [0.1, 0.15) is 0 Å². The summed E-state index contributed by atoms with van der Waals surface area (Å²) >= 11 is 0. The van der Waals surface area contributed by atoms with Crippen LogP contribution < -0.4 is 10.6 Å². The molecule has 7 heteroatoms. The SMILES string of the molecule is Cc1nn(C)c2ncc(NC(=O)CC(C)NC(=O)c3ccccc3)cc12. The predicted molar refractivity (Wildman–Crippen MR) is 99.9 cm³/mol. The van der Waals surface area contributed by atoms with Gasteiger partial charge in [-0.25, -0.2) is 4.98 Å². The minimum Gasteiger partial charge on any atom is -0.349 e. The molecule has 0 saturated carbocycles. The average molecular weight is 351 g/mol. The van der Waals surface area contributed by atoms with Gasteiger partial charge in [0, 0.05) is 30.5 Å². The fraction of sp³-hybridized carbons (Fsp3) is 0.263. The maximum absolute atomic E-state index is 12.3. The van der Waals surface area contributed by atoms with Gasteiger partial charge in [-0.1, -0.05) is 18.2 Å². The number of aryl methyl sites for hydroxylation is 2. The van der Waals surface area contributed by atoms with Crippen LogP contribution >= 0.6 is 0 Å². The Morgan fingerprint density at radius 1 is 1.23 bits per heavy atom. The van der Waals surface area contributed by atoms with Gasteiger partial charge in [-0.15, -0.1) is 0 Å². The summed E-state index contributed by atoms with van der Waals surface area (Å²) in [5.41, 5.74) is 2.81. The normalized spacial score (nSPS) is 12.0. The van der Waals surface area contributed by atoms with E-state index in [2.05, 4.69) is 20.7 Å². The van der Waals surface area contributed by atoms with Crippen molar-refractivity contribution in [2.45, 2.75) is 26.3 Å². The summed E-state index contributed by atoms with van der Waals surface area (Å²) in [5, 5.41) is 10.9. The first-order chi connectivity index (χ1) is 12.4. The molecular weight excluding hydrogens is 330 g/mol. The first kappa shape index (κ1) is 17.6. The minimum atomic E-state index is -0.292. The molecule has 0 aliphatic carbocycles. The molecule has 0 fully saturated rings. The molecule has 0 aliphatic heterocycles. The molecule has 3 rings (SSSR count). The third-order valence-electron chi connectivity index (χ3n) is 4.05. The van der Waals surface area contributed by atoms with Crippen molar-refractivity contribution >= 4 is 28.5 Å². The second kappa shape index (κ2) is 7.35. The molecule has 1 atom stereocenters. The van der Waals surface area contributed by atoms with Gasteiger partial charge in [-0.3, -0.25) is 14.3 Å². The van der Waals surface area contributed by atoms with Crippen LogP contribution in [0.3, 0.4) is 0 Å². The fourth-order valence-electron chi connectivity index (χ4n) is 2.81. The summed E-state index contributed by atoms with van der Waals surface area (Å²) in [6.45, 7) is 3.70. The van der Waals surface area contributed by atoms with Gasteiger partial charge in [0.25, 0.3) is 5.91 Å². The second-order valence-electron chi connectivity index (χ2n) is 6.30. The summed E-state index contributed by atoms with van der Waals surface area (Å²) in [7, 11) is 1.83. The molecule has 2 amide bonds. The van der Waals surface area contributed by atoms with Crippen LogP contribution in [0.25, 0.3) is 11.0 Å². The monoisotopic (exact) mass is 351 g/mol. The summed E-state index contributed by atoms with van der Waals surface area (Å²) in [5.74, 6) is -0.381. The van der Waals surface area contributed by atoms with E-state index in [1.807, 2.05) is 26.1 Å². The zero-order chi connectivity index (χ0) is 18.7. The van der Waals surface area contributed by atoms with Crippen molar-refractivity contribution in [2.75, 3.05) is 5.32 Å². The van der Waals surface area contributed by atoms with Crippen molar-refractivity contribution in [3.05, 3.63) is 53.9 Å². The lowest BCUT2D eigenvalue weighted by Gasteiger charge is -2.14. The molecule has 134 valence electrons. The van der Waals surface area contributed by atoms with Crippen molar-refractivity contribution in [3.8, 4) is 0 Å². The summed E-state index contributed by atoms with van der Waals surface area (Å²) in [4.78, 5) is 28.7. The molecule has 2 N–H and O–H groups in total. The van der Waals surface area contributed by atoms with Crippen LogP contribution in [-0.2, 0) is 11.8 Å². The third kappa shape index (κ3) is 3.88. The molecule has 0 bridgehead atoms. The zero-order valence-electron chi connectivity index (χ0n) is 15.0. The maximum Gasteiger partial charge on any atom is 0.251 e. The fourth-order valence-corrected chi connectivity index (χ4v) is 2.81. The summed E-state index contributed by atoms with van der Waals surface area (Å²) in [6, 6.07) is 10.5. The zero-order valence-corrected chi connectivity index (χ0v) is 15.0. The predicted octanol–water partition coefficient (Wildman–Crippen LogP) is 2.42. The number of anilines is 1. The van der Waals surface area contributed by atoms with Crippen molar-refractivity contribution < 1.29 is 9.59 Å². The molecule has 7 nitrogen and oxygen atoms in total. The van der Waals surface area contributed by atoms with E-state index in [0.717, 1.165) is 16.7 Å². The van der Waals surface area contributed by atoms with Crippen molar-refractivity contribution in [1.82, 2.24) is 20.1 Å². The first-order valence-electron chi connectivity index (χ1n) is 8.39. The van der Waals surface area contributed by atoms with Gasteiger partial charge >= 0.3 is 0 Å².